The Morgan fingerprint density at radius 2 is 2.00 bits per heavy atom. The molecule has 4 nitrogen and oxygen atoms in total. The van der Waals surface area contributed by atoms with Crippen molar-refractivity contribution in [3.63, 3.8) is 0 Å². The van der Waals surface area contributed by atoms with Gasteiger partial charge in [-0.3, -0.25) is 4.79 Å². The van der Waals surface area contributed by atoms with Crippen LogP contribution in [0.25, 0.3) is 0 Å². The minimum absolute atomic E-state index is 0.0213. The lowest BCUT2D eigenvalue weighted by Crippen LogP contribution is -2.37. The zero-order chi connectivity index (χ0) is 19.1. The second-order valence-electron chi connectivity index (χ2n) is 6.54. The van der Waals surface area contributed by atoms with Crippen molar-refractivity contribution in [2.75, 3.05) is 0 Å². The topological polar surface area (TPSA) is 58.6 Å². The molecule has 1 unspecified atom stereocenters. The summed E-state index contributed by atoms with van der Waals surface area (Å²) in [7, 11) is 0. The number of aliphatic carboxylic acids is 1. The average molecular weight is 380 g/mol. The van der Waals surface area contributed by atoms with Crippen molar-refractivity contribution in [3.05, 3.63) is 64.4 Å². The maximum absolute atomic E-state index is 13.8. The summed E-state index contributed by atoms with van der Waals surface area (Å²) in [6.45, 7) is 4.40. The number of carboxylic acid groups (broad SMARTS) is 1. The Bertz CT molecular complexity index is 731. The van der Waals surface area contributed by atoms with Crippen LogP contribution < -0.4 is 10.1 Å². The minimum Gasteiger partial charge on any atom is -0.489 e. The predicted octanol–water partition coefficient (Wildman–Crippen LogP) is 4.65. The molecule has 140 valence electrons. The third-order valence-corrected chi connectivity index (χ3v) is 4.26. The van der Waals surface area contributed by atoms with E-state index >= 15 is 0 Å². The Hall–Kier alpha value is -2.11. The van der Waals surface area contributed by atoms with E-state index in [1.165, 1.54) is 6.07 Å². The molecule has 0 amide bonds. The summed E-state index contributed by atoms with van der Waals surface area (Å²) in [4.78, 5) is 11.3. The molecule has 1 atom stereocenters. The maximum Gasteiger partial charge on any atom is 0.320 e. The number of benzene rings is 2. The van der Waals surface area contributed by atoms with Crippen LogP contribution >= 0.6 is 11.6 Å². The first-order valence-corrected chi connectivity index (χ1v) is 8.85. The Morgan fingerprint density at radius 1 is 1.27 bits per heavy atom. The van der Waals surface area contributed by atoms with Gasteiger partial charge in [0.15, 0.2) is 0 Å². The second kappa shape index (κ2) is 9.55. The zero-order valence-electron chi connectivity index (χ0n) is 14.8. The van der Waals surface area contributed by atoms with Gasteiger partial charge in [0.2, 0.25) is 0 Å². The van der Waals surface area contributed by atoms with Crippen LogP contribution in [0, 0.1) is 11.7 Å². The van der Waals surface area contributed by atoms with Crippen LogP contribution in [0.3, 0.4) is 0 Å². The van der Waals surface area contributed by atoms with E-state index < -0.39 is 17.8 Å². The molecule has 0 radical (unpaired) electrons. The van der Waals surface area contributed by atoms with E-state index in [1.807, 2.05) is 26.0 Å². The van der Waals surface area contributed by atoms with Crippen LogP contribution in [0.15, 0.2) is 42.5 Å². The van der Waals surface area contributed by atoms with Gasteiger partial charge in [-0.15, -0.1) is 0 Å². The van der Waals surface area contributed by atoms with Gasteiger partial charge in [-0.1, -0.05) is 43.6 Å². The third kappa shape index (κ3) is 6.00. The molecular formula is C20H23ClFNO3. The number of carbonyl (C=O) groups is 1. The highest BCUT2D eigenvalue weighted by atomic mass is 35.5. The highest BCUT2D eigenvalue weighted by molar-refractivity contribution is 6.31. The van der Waals surface area contributed by atoms with Crippen LogP contribution in [0.1, 0.15) is 31.4 Å². The molecular weight excluding hydrogens is 357 g/mol. The molecule has 0 saturated carbocycles. The normalized spacial score (nSPS) is 12.2. The van der Waals surface area contributed by atoms with E-state index in [2.05, 4.69) is 5.32 Å². The number of hydrogen-bond acceptors (Lipinski definition) is 3. The minimum atomic E-state index is -0.861. The molecule has 0 aliphatic carbocycles. The van der Waals surface area contributed by atoms with Gasteiger partial charge >= 0.3 is 5.97 Å². The quantitative estimate of drug-likeness (QED) is 0.666. The molecule has 26 heavy (non-hydrogen) atoms. The molecule has 0 heterocycles. The van der Waals surface area contributed by atoms with E-state index in [0.717, 1.165) is 5.56 Å². The molecule has 0 aliphatic rings. The largest absolute Gasteiger partial charge is 0.489 e. The standard InChI is InChI=1S/C20H23ClFNO3/c1-13(2)9-19(20(24)25)23-11-14-5-3-6-15(10-14)26-12-16-17(21)7-4-8-18(16)22/h3-8,10,13,19,23H,9,11-12H2,1-2H3,(H,24,25). The molecule has 0 saturated heterocycles. The molecule has 0 aromatic heterocycles. The summed E-state index contributed by atoms with van der Waals surface area (Å²) in [6, 6.07) is 11.2. The summed E-state index contributed by atoms with van der Waals surface area (Å²) in [5.41, 5.74) is 1.19. The van der Waals surface area contributed by atoms with Crippen molar-refractivity contribution in [3.8, 4) is 5.75 Å². The molecule has 0 bridgehead atoms. The summed E-state index contributed by atoms with van der Waals surface area (Å²) in [5, 5.41) is 12.7. The average Bonchev–Trinajstić information content (AvgIpc) is 2.58. The van der Waals surface area contributed by atoms with Gasteiger partial charge in [0.1, 0.15) is 24.2 Å². The molecule has 2 aromatic rings. The smallest absolute Gasteiger partial charge is 0.320 e. The number of rotatable bonds is 9. The van der Waals surface area contributed by atoms with E-state index in [1.54, 1.807) is 24.3 Å². The SMILES string of the molecule is CC(C)CC(NCc1cccc(OCc2c(F)cccc2Cl)c1)C(=O)O. The van der Waals surface area contributed by atoms with Crippen molar-refractivity contribution in [2.45, 2.75) is 39.5 Å². The van der Waals surface area contributed by atoms with Crippen molar-refractivity contribution in [1.82, 2.24) is 5.32 Å². The number of carboxylic acids is 1. The van der Waals surface area contributed by atoms with Crippen molar-refractivity contribution >= 4 is 17.6 Å². The Kier molecular flexibility index (Phi) is 7.42. The third-order valence-electron chi connectivity index (χ3n) is 3.90. The Morgan fingerprint density at radius 3 is 2.65 bits per heavy atom. The van der Waals surface area contributed by atoms with Crippen LogP contribution in [0.4, 0.5) is 4.39 Å². The van der Waals surface area contributed by atoms with Crippen molar-refractivity contribution in [1.29, 1.82) is 0 Å². The van der Waals surface area contributed by atoms with Crippen LogP contribution in [-0.2, 0) is 17.9 Å². The Labute approximate surface area is 157 Å². The van der Waals surface area contributed by atoms with Crippen LogP contribution in [0.2, 0.25) is 5.02 Å². The lowest BCUT2D eigenvalue weighted by Gasteiger charge is -2.17. The van der Waals surface area contributed by atoms with Crippen LogP contribution in [0.5, 0.6) is 5.75 Å². The molecule has 0 fully saturated rings. The van der Waals surface area contributed by atoms with E-state index in [0.29, 0.717) is 29.3 Å². The summed E-state index contributed by atoms with van der Waals surface area (Å²) < 4.78 is 19.4. The number of nitrogens with one attached hydrogen (secondary N) is 1. The fourth-order valence-corrected chi connectivity index (χ4v) is 2.77. The van der Waals surface area contributed by atoms with E-state index in [9.17, 15) is 14.3 Å². The number of ether oxygens (including phenoxy) is 1. The fraction of sp³-hybridized carbons (Fsp3) is 0.350. The van der Waals surface area contributed by atoms with Gasteiger partial charge in [-0.2, -0.15) is 0 Å². The number of hydrogen-bond donors (Lipinski definition) is 2. The molecule has 0 spiro atoms. The molecule has 0 aliphatic heterocycles. The van der Waals surface area contributed by atoms with Crippen LogP contribution in [-0.4, -0.2) is 17.1 Å². The highest BCUT2D eigenvalue weighted by Crippen LogP contribution is 2.22. The van der Waals surface area contributed by atoms with Gasteiger partial charge in [-0.25, -0.2) is 4.39 Å². The molecule has 2 rings (SSSR count). The lowest BCUT2D eigenvalue weighted by atomic mass is 10.0. The summed E-state index contributed by atoms with van der Waals surface area (Å²) in [6.07, 6.45) is 0.553. The lowest BCUT2D eigenvalue weighted by molar-refractivity contribution is -0.140. The first-order chi connectivity index (χ1) is 12.4. The zero-order valence-corrected chi connectivity index (χ0v) is 15.6. The summed E-state index contributed by atoms with van der Waals surface area (Å²) in [5.74, 6) is -0.420. The second-order valence-corrected chi connectivity index (χ2v) is 6.94. The van der Waals surface area contributed by atoms with Gasteiger partial charge < -0.3 is 15.2 Å². The monoisotopic (exact) mass is 379 g/mol. The van der Waals surface area contributed by atoms with E-state index in [4.69, 9.17) is 16.3 Å². The van der Waals surface area contributed by atoms with Gasteiger partial charge in [0.25, 0.3) is 0 Å². The highest BCUT2D eigenvalue weighted by Gasteiger charge is 2.18. The molecule has 2 aromatic carbocycles. The summed E-state index contributed by atoms with van der Waals surface area (Å²) >= 11 is 6.00. The van der Waals surface area contributed by atoms with Gasteiger partial charge in [0, 0.05) is 12.1 Å². The first kappa shape index (κ1) is 20.2. The molecule has 6 heteroatoms. The number of halogens is 2. The fourth-order valence-electron chi connectivity index (χ4n) is 2.55. The van der Waals surface area contributed by atoms with Gasteiger partial charge in [0.05, 0.1) is 5.02 Å². The van der Waals surface area contributed by atoms with Gasteiger partial charge in [-0.05, 0) is 42.2 Å². The predicted molar refractivity (Wildman–Crippen MR) is 99.9 cm³/mol. The first-order valence-electron chi connectivity index (χ1n) is 8.47. The molecule has 2 N–H and O–H groups in total. The van der Waals surface area contributed by atoms with Crippen molar-refractivity contribution < 1.29 is 19.0 Å². The Balaban J connectivity index is 1.98. The maximum atomic E-state index is 13.8. The van der Waals surface area contributed by atoms with Crippen molar-refractivity contribution in [2.24, 2.45) is 5.92 Å². The van der Waals surface area contributed by atoms with E-state index in [-0.39, 0.29) is 12.5 Å².